The lowest BCUT2D eigenvalue weighted by atomic mass is 9.91. The summed E-state index contributed by atoms with van der Waals surface area (Å²) >= 11 is 0. The lowest BCUT2D eigenvalue weighted by molar-refractivity contribution is 0.606. The molecule has 2 aromatic carbocycles. The van der Waals surface area contributed by atoms with Crippen LogP contribution in [0.25, 0.3) is 0 Å². The molecular weight excluding hydrogens is 496 g/mol. The van der Waals surface area contributed by atoms with E-state index in [1.54, 1.807) is 11.1 Å². The third kappa shape index (κ3) is 12.3. The summed E-state index contributed by atoms with van der Waals surface area (Å²) in [5.74, 6) is 0. The van der Waals surface area contributed by atoms with E-state index in [2.05, 4.69) is 72.7 Å². The van der Waals surface area contributed by atoms with Crippen molar-refractivity contribution in [2.24, 2.45) is 9.98 Å². The van der Waals surface area contributed by atoms with Crippen molar-refractivity contribution in [2.75, 3.05) is 0 Å². The standard InChI is InChI=1S/C39H62N2/c1-8-14-17-19-20-22-23-34-28-36(26-32(11-4)38(34)13-6)40-30-31(7)41-37-27-33(12-5)39(25-16-10-3)35(29-37)24-21-18-15-9-2/h26-30H,8-25H2,1-7H3. The normalized spacial score (nSPS) is 12.1. The highest BCUT2D eigenvalue weighted by molar-refractivity contribution is 6.30. The summed E-state index contributed by atoms with van der Waals surface area (Å²) in [7, 11) is 0. The number of aryl methyl sites for hydroxylation is 4. The first-order valence-corrected chi connectivity index (χ1v) is 17.4. The SMILES string of the molecule is CCCCCCCCc1cc(N=CC(C)=Nc2cc(CC)c(CCCC)c(CCCCCC)c2)cc(CC)c1CC. The maximum Gasteiger partial charge on any atom is 0.0639 e. The molecule has 0 aliphatic heterocycles. The highest BCUT2D eigenvalue weighted by atomic mass is 14.8. The molecule has 0 atom stereocenters. The van der Waals surface area contributed by atoms with E-state index in [0.717, 1.165) is 36.3 Å². The summed E-state index contributed by atoms with van der Waals surface area (Å²) < 4.78 is 0. The van der Waals surface area contributed by atoms with E-state index in [1.807, 2.05) is 6.21 Å². The van der Waals surface area contributed by atoms with E-state index in [9.17, 15) is 0 Å². The number of rotatable bonds is 21. The zero-order chi connectivity index (χ0) is 29.9. The second-order valence-electron chi connectivity index (χ2n) is 12.0. The Bertz CT molecular complexity index is 1080. The van der Waals surface area contributed by atoms with Crippen LogP contribution in [0.15, 0.2) is 34.3 Å². The Labute approximate surface area is 254 Å². The third-order valence-electron chi connectivity index (χ3n) is 8.54. The summed E-state index contributed by atoms with van der Waals surface area (Å²) in [5, 5.41) is 0. The molecule has 0 saturated heterocycles. The fourth-order valence-corrected chi connectivity index (χ4v) is 6.14. The Morgan fingerprint density at radius 3 is 1.61 bits per heavy atom. The van der Waals surface area contributed by atoms with E-state index in [-0.39, 0.29) is 0 Å². The van der Waals surface area contributed by atoms with Gasteiger partial charge in [-0.2, -0.15) is 0 Å². The molecule has 0 heterocycles. The summed E-state index contributed by atoms with van der Waals surface area (Å²) in [6.45, 7) is 15.8. The monoisotopic (exact) mass is 558 g/mol. The quantitative estimate of drug-likeness (QED) is 0.107. The average Bonchev–Trinajstić information content (AvgIpc) is 2.98. The Morgan fingerprint density at radius 1 is 0.512 bits per heavy atom. The zero-order valence-corrected chi connectivity index (χ0v) is 28.0. The number of aliphatic imine (C=N–C) groups is 2. The first-order valence-electron chi connectivity index (χ1n) is 17.4. The lowest BCUT2D eigenvalue weighted by Gasteiger charge is -2.16. The third-order valence-corrected chi connectivity index (χ3v) is 8.54. The maximum absolute atomic E-state index is 5.06. The molecule has 228 valence electrons. The van der Waals surface area contributed by atoms with Gasteiger partial charge in [0.1, 0.15) is 0 Å². The van der Waals surface area contributed by atoms with Gasteiger partial charge < -0.3 is 0 Å². The minimum absolute atomic E-state index is 0.973. The Kier molecular flexibility index (Phi) is 17.6. The smallest absolute Gasteiger partial charge is 0.0639 e. The van der Waals surface area contributed by atoms with Crippen molar-refractivity contribution in [2.45, 2.75) is 164 Å². The van der Waals surface area contributed by atoms with Crippen LogP contribution in [0.2, 0.25) is 0 Å². The molecular formula is C39H62N2. The van der Waals surface area contributed by atoms with E-state index in [0.29, 0.717) is 0 Å². The number of hydrogen-bond acceptors (Lipinski definition) is 2. The van der Waals surface area contributed by atoms with Gasteiger partial charge in [0.15, 0.2) is 0 Å². The molecule has 0 aromatic heterocycles. The summed E-state index contributed by atoms with van der Waals surface area (Å²) in [5.41, 5.74) is 12.3. The van der Waals surface area contributed by atoms with Crippen molar-refractivity contribution in [1.82, 2.24) is 0 Å². The minimum atomic E-state index is 0.973. The molecule has 0 amide bonds. The van der Waals surface area contributed by atoms with Crippen LogP contribution in [0, 0.1) is 0 Å². The van der Waals surface area contributed by atoms with Gasteiger partial charge >= 0.3 is 0 Å². The molecule has 2 rings (SSSR count). The molecule has 0 radical (unpaired) electrons. The predicted molar refractivity (Wildman–Crippen MR) is 185 cm³/mol. The number of hydrogen-bond donors (Lipinski definition) is 0. The number of benzene rings is 2. The largest absolute Gasteiger partial charge is 0.255 e. The van der Waals surface area contributed by atoms with Crippen LogP contribution in [0.1, 0.15) is 159 Å². The van der Waals surface area contributed by atoms with Gasteiger partial charge in [0.2, 0.25) is 0 Å². The van der Waals surface area contributed by atoms with Gasteiger partial charge in [0, 0.05) is 6.21 Å². The van der Waals surface area contributed by atoms with Gasteiger partial charge in [0.05, 0.1) is 17.1 Å². The van der Waals surface area contributed by atoms with Crippen LogP contribution < -0.4 is 0 Å². The Balaban J connectivity index is 2.27. The summed E-state index contributed by atoms with van der Waals surface area (Å²) in [6, 6.07) is 9.36. The topological polar surface area (TPSA) is 24.7 Å². The minimum Gasteiger partial charge on any atom is -0.255 e. The van der Waals surface area contributed by atoms with Crippen LogP contribution in [-0.4, -0.2) is 11.9 Å². The molecule has 2 nitrogen and oxygen atoms in total. The molecule has 0 unspecified atom stereocenters. The van der Waals surface area contributed by atoms with Crippen molar-refractivity contribution >= 4 is 23.3 Å². The molecule has 2 heteroatoms. The number of nitrogens with zero attached hydrogens (tertiary/aromatic N) is 2. The highest BCUT2D eigenvalue weighted by Crippen LogP contribution is 2.29. The summed E-state index contributed by atoms with van der Waals surface area (Å²) in [6.07, 6.45) is 24.5. The number of unbranched alkanes of at least 4 members (excludes halogenated alkanes) is 9. The van der Waals surface area contributed by atoms with E-state index < -0.39 is 0 Å². The van der Waals surface area contributed by atoms with Crippen molar-refractivity contribution in [1.29, 1.82) is 0 Å². The van der Waals surface area contributed by atoms with Gasteiger partial charge in [-0.25, -0.2) is 0 Å². The second kappa shape index (κ2) is 20.6. The second-order valence-corrected chi connectivity index (χ2v) is 12.0. The van der Waals surface area contributed by atoms with Gasteiger partial charge in [0.25, 0.3) is 0 Å². The van der Waals surface area contributed by atoms with Gasteiger partial charge in [-0.15, -0.1) is 0 Å². The van der Waals surface area contributed by atoms with Crippen LogP contribution >= 0.6 is 0 Å². The fraction of sp³-hybridized carbons (Fsp3) is 0.641. The molecule has 41 heavy (non-hydrogen) atoms. The van der Waals surface area contributed by atoms with Crippen molar-refractivity contribution in [3.63, 3.8) is 0 Å². The predicted octanol–water partition coefficient (Wildman–Crippen LogP) is 12.2. The van der Waals surface area contributed by atoms with E-state index >= 15 is 0 Å². The molecule has 2 aromatic rings. The molecule has 0 saturated carbocycles. The van der Waals surface area contributed by atoms with Crippen LogP contribution in [0.5, 0.6) is 0 Å². The van der Waals surface area contributed by atoms with Crippen molar-refractivity contribution < 1.29 is 0 Å². The highest BCUT2D eigenvalue weighted by Gasteiger charge is 2.11. The van der Waals surface area contributed by atoms with Crippen LogP contribution in [0.3, 0.4) is 0 Å². The lowest BCUT2D eigenvalue weighted by Crippen LogP contribution is -2.02. The van der Waals surface area contributed by atoms with Crippen LogP contribution in [0.4, 0.5) is 11.4 Å². The molecule has 0 N–H and O–H groups in total. The van der Waals surface area contributed by atoms with Gasteiger partial charge in [-0.1, -0.05) is 99.3 Å². The van der Waals surface area contributed by atoms with Gasteiger partial charge in [-0.05, 0) is 122 Å². The molecule has 0 fully saturated rings. The Morgan fingerprint density at radius 2 is 1.00 bits per heavy atom. The van der Waals surface area contributed by atoms with E-state index in [1.165, 1.54) is 119 Å². The van der Waals surface area contributed by atoms with Crippen molar-refractivity contribution in [3.05, 3.63) is 57.6 Å². The molecule has 0 bridgehead atoms. The average molecular weight is 559 g/mol. The Hall–Kier alpha value is -2.22. The molecule has 0 aliphatic carbocycles. The fourth-order valence-electron chi connectivity index (χ4n) is 6.14. The van der Waals surface area contributed by atoms with Crippen molar-refractivity contribution in [3.8, 4) is 0 Å². The zero-order valence-electron chi connectivity index (χ0n) is 28.0. The maximum atomic E-state index is 5.06. The van der Waals surface area contributed by atoms with Gasteiger partial charge in [-0.3, -0.25) is 9.98 Å². The van der Waals surface area contributed by atoms with Crippen LogP contribution in [-0.2, 0) is 38.5 Å². The first-order chi connectivity index (χ1) is 20.0. The molecule has 0 spiro atoms. The first kappa shape index (κ1) is 35.0. The molecule has 0 aliphatic rings. The van der Waals surface area contributed by atoms with E-state index in [4.69, 9.17) is 9.98 Å². The summed E-state index contributed by atoms with van der Waals surface area (Å²) in [4.78, 5) is 10.0.